The van der Waals surface area contributed by atoms with E-state index in [4.69, 9.17) is 10.5 Å². The maximum Gasteiger partial charge on any atom is 0.340 e. The number of nitrogens with two attached hydrogens (primary N) is 1. The molecular weight excluding hydrogens is 330 g/mol. The summed E-state index contributed by atoms with van der Waals surface area (Å²) < 4.78 is 5.46. The van der Waals surface area contributed by atoms with Crippen LogP contribution in [0.25, 0.3) is 0 Å². The van der Waals surface area contributed by atoms with E-state index in [1.807, 2.05) is 5.32 Å². The number of ether oxygens (including phenoxy) is 1. The van der Waals surface area contributed by atoms with E-state index in [0.29, 0.717) is 10.2 Å². The highest BCUT2D eigenvalue weighted by molar-refractivity contribution is 9.10. The average Bonchev–Trinajstić information content (AvgIpc) is 2.40. The number of rotatable bonds is 3. The van der Waals surface area contributed by atoms with Crippen LogP contribution in [-0.2, 0) is 9.53 Å². The predicted octanol–water partition coefficient (Wildman–Crippen LogP) is 1.03. The third kappa shape index (κ3) is 4.23. The van der Waals surface area contributed by atoms with Crippen LogP contribution in [-0.4, -0.2) is 31.1 Å². The number of hydrogen-bond acceptors (Lipinski definition) is 5. The molecule has 20 heavy (non-hydrogen) atoms. The first-order valence-electron chi connectivity index (χ1n) is 5.63. The fourth-order valence-electron chi connectivity index (χ4n) is 1.25. The van der Waals surface area contributed by atoms with Crippen molar-refractivity contribution in [1.29, 1.82) is 0 Å². The van der Waals surface area contributed by atoms with Gasteiger partial charge in [0.05, 0.1) is 5.56 Å². The lowest BCUT2D eigenvalue weighted by atomic mass is 10.2. The first-order valence-corrected chi connectivity index (χ1v) is 6.43. The van der Waals surface area contributed by atoms with Gasteiger partial charge in [-0.25, -0.2) is 9.59 Å². The third-order valence-corrected chi connectivity index (χ3v) is 3.02. The molecule has 0 aliphatic heterocycles. The molecular formula is C12H14BrN3O4. The molecule has 0 bridgehead atoms. The molecule has 0 spiro atoms. The molecule has 1 rings (SSSR count). The van der Waals surface area contributed by atoms with Crippen molar-refractivity contribution in [3.63, 3.8) is 0 Å². The molecule has 108 valence electrons. The van der Waals surface area contributed by atoms with Crippen molar-refractivity contribution in [2.45, 2.75) is 13.0 Å². The van der Waals surface area contributed by atoms with E-state index in [2.05, 4.69) is 21.2 Å². The lowest BCUT2D eigenvalue weighted by molar-refractivity contribution is -0.127. The molecule has 7 nitrogen and oxygen atoms in total. The summed E-state index contributed by atoms with van der Waals surface area (Å²) in [7, 11) is 1.36. The highest BCUT2D eigenvalue weighted by Crippen LogP contribution is 2.20. The van der Waals surface area contributed by atoms with Crippen molar-refractivity contribution >= 4 is 39.5 Å². The van der Waals surface area contributed by atoms with Gasteiger partial charge in [0.25, 0.3) is 5.91 Å². The van der Waals surface area contributed by atoms with Crippen molar-refractivity contribution in [1.82, 2.24) is 10.6 Å². The molecule has 0 fully saturated rings. The van der Waals surface area contributed by atoms with Crippen LogP contribution < -0.4 is 16.4 Å². The van der Waals surface area contributed by atoms with E-state index in [9.17, 15) is 14.4 Å². The molecule has 0 saturated carbocycles. The van der Waals surface area contributed by atoms with Crippen LogP contribution in [0.3, 0.4) is 0 Å². The molecule has 1 atom stereocenters. The van der Waals surface area contributed by atoms with Gasteiger partial charge in [0.2, 0.25) is 0 Å². The van der Waals surface area contributed by atoms with Gasteiger partial charge < -0.3 is 15.8 Å². The van der Waals surface area contributed by atoms with Gasteiger partial charge in [0.1, 0.15) is 0 Å². The fraction of sp³-hybridized carbons (Fsp3) is 0.250. The number of halogens is 1. The Bertz CT molecular complexity index is 548. The Morgan fingerprint density at radius 2 is 2.00 bits per heavy atom. The summed E-state index contributed by atoms with van der Waals surface area (Å²) in [5, 5.41) is 4.23. The van der Waals surface area contributed by atoms with E-state index < -0.39 is 24.0 Å². The molecule has 1 unspecified atom stereocenters. The second-order valence-electron chi connectivity index (χ2n) is 3.86. The Morgan fingerprint density at radius 1 is 1.35 bits per heavy atom. The average molecular weight is 344 g/mol. The van der Waals surface area contributed by atoms with Crippen LogP contribution in [0.4, 0.5) is 10.5 Å². The Kier molecular flexibility index (Phi) is 5.51. The van der Waals surface area contributed by atoms with Gasteiger partial charge in [-0.2, -0.15) is 0 Å². The number of hydrogen-bond donors (Lipinski definition) is 3. The smallest absolute Gasteiger partial charge is 0.340 e. The largest absolute Gasteiger partial charge is 0.449 e. The van der Waals surface area contributed by atoms with Gasteiger partial charge in [-0.15, -0.1) is 0 Å². The molecule has 8 heteroatoms. The third-order valence-electron chi connectivity index (χ3n) is 2.33. The number of carbonyl (C=O) groups excluding carboxylic acids is 3. The Labute approximate surface area is 124 Å². The second-order valence-corrected chi connectivity index (χ2v) is 4.71. The summed E-state index contributed by atoms with van der Waals surface area (Å²) in [5.74, 6) is -1.44. The zero-order chi connectivity index (χ0) is 15.3. The van der Waals surface area contributed by atoms with Crippen molar-refractivity contribution in [2.24, 2.45) is 0 Å². The van der Waals surface area contributed by atoms with Crippen molar-refractivity contribution in [3.05, 3.63) is 28.2 Å². The molecule has 0 heterocycles. The number of esters is 1. The van der Waals surface area contributed by atoms with Crippen molar-refractivity contribution < 1.29 is 19.1 Å². The fourth-order valence-corrected chi connectivity index (χ4v) is 1.66. The van der Waals surface area contributed by atoms with Crippen LogP contribution in [0, 0.1) is 0 Å². The standard InChI is InChI=1S/C12H14BrN3O4/c1-6(10(17)16-12(19)15-2)20-11(18)8-5-7(14)3-4-9(8)13/h3-6H,14H2,1-2H3,(H2,15,16,17,19). The molecule has 0 aliphatic carbocycles. The number of imide groups is 1. The second kappa shape index (κ2) is 6.90. The van der Waals surface area contributed by atoms with Gasteiger partial charge in [0.15, 0.2) is 6.10 Å². The predicted molar refractivity (Wildman–Crippen MR) is 76.0 cm³/mol. The van der Waals surface area contributed by atoms with Gasteiger partial charge >= 0.3 is 12.0 Å². The molecule has 4 N–H and O–H groups in total. The number of nitrogen functional groups attached to an aromatic ring is 1. The van der Waals surface area contributed by atoms with Crippen LogP contribution >= 0.6 is 15.9 Å². The highest BCUT2D eigenvalue weighted by Gasteiger charge is 2.21. The number of benzene rings is 1. The first kappa shape index (κ1) is 16.0. The van der Waals surface area contributed by atoms with Crippen LogP contribution in [0.1, 0.15) is 17.3 Å². The zero-order valence-corrected chi connectivity index (χ0v) is 12.5. The monoisotopic (exact) mass is 343 g/mol. The SMILES string of the molecule is CNC(=O)NC(=O)C(C)OC(=O)c1cc(N)ccc1Br. The Balaban J connectivity index is 2.72. The van der Waals surface area contributed by atoms with E-state index in [1.54, 1.807) is 12.1 Å². The number of amides is 3. The summed E-state index contributed by atoms with van der Waals surface area (Å²) >= 11 is 3.19. The minimum Gasteiger partial charge on any atom is -0.449 e. The van der Waals surface area contributed by atoms with Gasteiger partial charge in [-0.3, -0.25) is 10.1 Å². The lowest BCUT2D eigenvalue weighted by Crippen LogP contribution is -2.43. The van der Waals surface area contributed by atoms with E-state index in [-0.39, 0.29) is 5.56 Å². The summed E-state index contributed by atoms with van der Waals surface area (Å²) in [6.07, 6.45) is -1.12. The topological polar surface area (TPSA) is 111 Å². The van der Waals surface area contributed by atoms with E-state index in [0.717, 1.165) is 0 Å². The highest BCUT2D eigenvalue weighted by atomic mass is 79.9. The van der Waals surface area contributed by atoms with Gasteiger partial charge in [-0.1, -0.05) is 0 Å². The summed E-state index contributed by atoms with van der Waals surface area (Å²) in [4.78, 5) is 34.4. The summed E-state index contributed by atoms with van der Waals surface area (Å²) in [5.41, 5.74) is 6.17. The Morgan fingerprint density at radius 3 is 2.60 bits per heavy atom. The lowest BCUT2D eigenvalue weighted by Gasteiger charge is -2.13. The molecule has 1 aromatic carbocycles. The first-order chi connectivity index (χ1) is 9.35. The van der Waals surface area contributed by atoms with E-state index >= 15 is 0 Å². The number of urea groups is 1. The van der Waals surface area contributed by atoms with Crippen molar-refractivity contribution in [3.8, 4) is 0 Å². The molecule has 0 aliphatic rings. The minimum atomic E-state index is -1.12. The summed E-state index contributed by atoms with van der Waals surface area (Å²) in [6, 6.07) is 3.96. The molecule has 1 aromatic rings. The Hall–Kier alpha value is -2.09. The molecule has 0 aromatic heterocycles. The normalized spacial score (nSPS) is 11.3. The maximum absolute atomic E-state index is 11.9. The molecule has 3 amide bonds. The van der Waals surface area contributed by atoms with Gasteiger partial charge in [-0.05, 0) is 41.1 Å². The zero-order valence-electron chi connectivity index (χ0n) is 10.9. The van der Waals surface area contributed by atoms with Crippen molar-refractivity contribution in [2.75, 3.05) is 12.8 Å². The molecule has 0 saturated heterocycles. The number of carbonyl (C=O) groups is 3. The van der Waals surface area contributed by atoms with Crippen LogP contribution in [0.2, 0.25) is 0 Å². The van der Waals surface area contributed by atoms with Crippen LogP contribution in [0.15, 0.2) is 22.7 Å². The maximum atomic E-state index is 11.9. The molecule has 0 radical (unpaired) electrons. The number of nitrogens with one attached hydrogen (secondary N) is 2. The van der Waals surface area contributed by atoms with E-state index in [1.165, 1.54) is 20.0 Å². The van der Waals surface area contributed by atoms with Gasteiger partial charge in [0, 0.05) is 17.2 Å². The quantitative estimate of drug-likeness (QED) is 0.560. The minimum absolute atomic E-state index is 0.199. The van der Waals surface area contributed by atoms with Crippen LogP contribution in [0.5, 0.6) is 0 Å². The summed E-state index contributed by atoms with van der Waals surface area (Å²) in [6.45, 7) is 1.36. The number of anilines is 1.